The third-order valence-corrected chi connectivity index (χ3v) is 2.37. The van der Waals surface area contributed by atoms with Gasteiger partial charge in [-0.15, -0.1) is 0 Å². The van der Waals surface area contributed by atoms with Gasteiger partial charge in [-0.05, 0) is 25.5 Å². The van der Waals surface area contributed by atoms with Gasteiger partial charge in [-0.25, -0.2) is 9.37 Å². The van der Waals surface area contributed by atoms with Gasteiger partial charge in [-0.1, -0.05) is 0 Å². The van der Waals surface area contributed by atoms with Gasteiger partial charge in [0.25, 0.3) is 5.56 Å². The molecule has 1 aromatic carbocycles. The second-order valence-electron chi connectivity index (χ2n) is 3.91. The first-order valence-electron chi connectivity index (χ1n) is 5.27. The summed E-state index contributed by atoms with van der Waals surface area (Å²) >= 11 is 0. The number of nitrogens with two attached hydrogens (primary N) is 1. The van der Waals surface area contributed by atoms with Gasteiger partial charge in [0.2, 0.25) is 5.88 Å². The molecule has 0 aliphatic carbocycles. The molecule has 3 N–H and O–H groups in total. The fraction of sp³-hybridized carbons (Fsp3) is 0.167. The van der Waals surface area contributed by atoms with Crippen LogP contribution in [-0.4, -0.2) is 9.97 Å². The van der Waals surface area contributed by atoms with E-state index in [9.17, 15) is 9.18 Å². The number of nitrogen functional groups attached to an aromatic ring is 1. The Balaban J connectivity index is 2.39. The Kier molecular flexibility index (Phi) is 3.01. The van der Waals surface area contributed by atoms with Crippen molar-refractivity contribution in [3.8, 4) is 11.6 Å². The van der Waals surface area contributed by atoms with E-state index in [1.807, 2.05) is 0 Å². The van der Waals surface area contributed by atoms with Gasteiger partial charge >= 0.3 is 0 Å². The number of halogens is 1. The maximum atomic E-state index is 13.6. The SMILES string of the molecule is Cc1nc(Oc2cc(C)c(N)cc2F)cc(=O)[nH]1. The van der Waals surface area contributed by atoms with Crippen LogP contribution in [0.4, 0.5) is 10.1 Å². The van der Waals surface area contributed by atoms with Crippen LogP contribution in [0.15, 0.2) is 23.0 Å². The van der Waals surface area contributed by atoms with Crippen molar-refractivity contribution >= 4 is 5.69 Å². The van der Waals surface area contributed by atoms with Crippen LogP contribution >= 0.6 is 0 Å². The van der Waals surface area contributed by atoms with Crippen molar-refractivity contribution in [2.45, 2.75) is 13.8 Å². The minimum Gasteiger partial charge on any atom is -0.436 e. The van der Waals surface area contributed by atoms with Crippen LogP contribution in [0.5, 0.6) is 11.6 Å². The van der Waals surface area contributed by atoms with Gasteiger partial charge in [0.05, 0.1) is 6.07 Å². The molecule has 0 saturated heterocycles. The Labute approximate surface area is 102 Å². The van der Waals surface area contributed by atoms with E-state index >= 15 is 0 Å². The molecule has 0 aliphatic heterocycles. The summed E-state index contributed by atoms with van der Waals surface area (Å²) in [6, 6.07) is 3.78. The Hall–Kier alpha value is -2.37. The average molecular weight is 249 g/mol. The smallest absolute Gasteiger partial charge is 0.254 e. The third-order valence-electron chi connectivity index (χ3n) is 2.37. The highest BCUT2D eigenvalue weighted by Crippen LogP contribution is 2.26. The number of aromatic nitrogens is 2. The summed E-state index contributed by atoms with van der Waals surface area (Å²) in [7, 11) is 0. The maximum absolute atomic E-state index is 13.6. The lowest BCUT2D eigenvalue weighted by Crippen LogP contribution is -2.08. The van der Waals surface area contributed by atoms with Crippen LogP contribution < -0.4 is 16.0 Å². The number of anilines is 1. The number of nitrogens with zero attached hydrogens (tertiary/aromatic N) is 1. The van der Waals surface area contributed by atoms with Crippen LogP contribution in [0.25, 0.3) is 0 Å². The fourth-order valence-electron chi connectivity index (χ4n) is 1.47. The number of nitrogens with one attached hydrogen (secondary N) is 1. The number of aryl methyl sites for hydroxylation is 2. The number of H-pyrrole nitrogens is 1. The topological polar surface area (TPSA) is 81.0 Å². The largest absolute Gasteiger partial charge is 0.436 e. The van der Waals surface area contributed by atoms with E-state index in [1.54, 1.807) is 13.8 Å². The van der Waals surface area contributed by atoms with Crippen molar-refractivity contribution < 1.29 is 9.13 Å². The molecule has 0 amide bonds. The second kappa shape index (κ2) is 4.48. The van der Waals surface area contributed by atoms with Crippen LogP contribution in [0.3, 0.4) is 0 Å². The third kappa shape index (κ3) is 2.48. The number of rotatable bonds is 2. The molecule has 0 fully saturated rings. The van der Waals surface area contributed by atoms with Crippen molar-refractivity contribution in [3.05, 3.63) is 45.8 Å². The van der Waals surface area contributed by atoms with Crippen LogP contribution in [0.2, 0.25) is 0 Å². The molecule has 18 heavy (non-hydrogen) atoms. The summed E-state index contributed by atoms with van der Waals surface area (Å²) in [5.41, 5.74) is 6.24. The van der Waals surface area contributed by atoms with Gasteiger partial charge < -0.3 is 15.5 Å². The first-order chi connectivity index (χ1) is 8.45. The van der Waals surface area contributed by atoms with Gasteiger partial charge in [0, 0.05) is 11.8 Å². The molecule has 5 nitrogen and oxygen atoms in total. The Morgan fingerprint density at radius 3 is 2.72 bits per heavy atom. The highest BCUT2D eigenvalue weighted by atomic mass is 19.1. The van der Waals surface area contributed by atoms with Crippen molar-refractivity contribution in [1.82, 2.24) is 9.97 Å². The van der Waals surface area contributed by atoms with Gasteiger partial charge in [0.1, 0.15) is 5.82 Å². The Bertz CT molecular complexity index is 652. The number of aromatic amines is 1. The van der Waals surface area contributed by atoms with Crippen molar-refractivity contribution in [3.63, 3.8) is 0 Å². The van der Waals surface area contributed by atoms with E-state index in [-0.39, 0.29) is 17.2 Å². The number of hydrogen-bond acceptors (Lipinski definition) is 4. The molecule has 0 bridgehead atoms. The van der Waals surface area contributed by atoms with Crippen LogP contribution in [0, 0.1) is 19.7 Å². The van der Waals surface area contributed by atoms with Gasteiger partial charge in [-0.2, -0.15) is 0 Å². The van der Waals surface area contributed by atoms with E-state index < -0.39 is 5.82 Å². The molecule has 2 aromatic rings. The maximum Gasteiger partial charge on any atom is 0.254 e. The molecular formula is C12H12FN3O2. The molecule has 1 heterocycles. The van der Waals surface area contributed by atoms with E-state index in [2.05, 4.69) is 9.97 Å². The average Bonchev–Trinajstić information content (AvgIpc) is 2.24. The predicted octanol–water partition coefficient (Wildman–Crippen LogP) is 1.90. The zero-order valence-corrected chi connectivity index (χ0v) is 9.95. The Morgan fingerprint density at radius 2 is 2.06 bits per heavy atom. The summed E-state index contributed by atoms with van der Waals surface area (Å²) in [4.78, 5) is 17.6. The zero-order chi connectivity index (χ0) is 13.3. The first kappa shape index (κ1) is 12.1. The van der Waals surface area contributed by atoms with Gasteiger partial charge in [0.15, 0.2) is 11.6 Å². The van der Waals surface area contributed by atoms with Crippen LogP contribution in [-0.2, 0) is 0 Å². The summed E-state index contributed by atoms with van der Waals surface area (Å²) < 4.78 is 18.8. The lowest BCUT2D eigenvalue weighted by Gasteiger charge is -2.08. The van der Waals surface area contributed by atoms with E-state index in [1.165, 1.54) is 12.1 Å². The lowest BCUT2D eigenvalue weighted by molar-refractivity contribution is 0.424. The summed E-state index contributed by atoms with van der Waals surface area (Å²) in [6.45, 7) is 3.34. The van der Waals surface area contributed by atoms with E-state index in [0.29, 0.717) is 17.1 Å². The molecule has 0 unspecified atom stereocenters. The van der Waals surface area contributed by atoms with Crippen molar-refractivity contribution in [2.24, 2.45) is 0 Å². The molecular weight excluding hydrogens is 237 g/mol. The summed E-state index contributed by atoms with van der Waals surface area (Å²) in [5.74, 6) is -0.179. The molecule has 94 valence electrons. The van der Waals surface area contributed by atoms with Crippen LogP contribution in [0.1, 0.15) is 11.4 Å². The quantitative estimate of drug-likeness (QED) is 0.796. The number of ether oxygens (including phenoxy) is 1. The molecule has 0 spiro atoms. The lowest BCUT2D eigenvalue weighted by atomic mass is 10.2. The number of benzene rings is 1. The first-order valence-corrected chi connectivity index (χ1v) is 5.27. The highest BCUT2D eigenvalue weighted by Gasteiger charge is 2.09. The monoisotopic (exact) mass is 249 g/mol. The molecule has 0 saturated carbocycles. The van der Waals surface area contributed by atoms with E-state index in [0.717, 1.165) is 6.07 Å². The molecule has 0 aliphatic rings. The minimum atomic E-state index is -0.599. The number of hydrogen-bond donors (Lipinski definition) is 2. The summed E-state index contributed by atoms with van der Waals surface area (Å²) in [5, 5.41) is 0. The zero-order valence-electron chi connectivity index (χ0n) is 9.95. The summed E-state index contributed by atoms with van der Waals surface area (Å²) in [6.07, 6.45) is 0. The molecule has 2 rings (SSSR count). The fourth-order valence-corrected chi connectivity index (χ4v) is 1.47. The highest BCUT2D eigenvalue weighted by molar-refractivity contribution is 5.50. The second-order valence-corrected chi connectivity index (χ2v) is 3.91. The molecule has 0 atom stereocenters. The Morgan fingerprint density at radius 1 is 1.33 bits per heavy atom. The van der Waals surface area contributed by atoms with Crippen molar-refractivity contribution in [2.75, 3.05) is 5.73 Å². The van der Waals surface area contributed by atoms with Gasteiger partial charge in [-0.3, -0.25) is 4.79 Å². The molecule has 6 heteroatoms. The normalized spacial score (nSPS) is 10.4. The van der Waals surface area contributed by atoms with Crippen molar-refractivity contribution in [1.29, 1.82) is 0 Å². The molecule has 1 aromatic heterocycles. The standard InChI is InChI=1S/C12H12FN3O2/c1-6-3-10(8(13)4-9(6)14)18-12-5-11(17)15-7(2)16-12/h3-5H,14H2,1-2H3,(H,15,16,17). The minimum absolute atomic E-state index is 0.0146. The van der Waals surface area contributed by atoms with E-state index in [4.69, 9.17) is 10.5 Å². The molecule has 0 radical (unpaired) electrons. The predicted molar refractivity (Wildman–Crippen MR) is 65.2 cm³/mol.